The maximum Gasteiger partial charge on any atom is 0.223 e. The van der Waals surface area contributed by atoms with Crippen molar-refractivity contribution in [1.29, 1.82) is 0 Å². The summed E-state index contributed by atoms with van der Waals surface area (Å²) in [5.41, 5.74) is 0.664. The minimum Gasteiger partial charge on any atom is -0.382 e. The molecule has 0 rings (SSSR count). The SMILES string of the molecule is CC.COCCOCCOCCOCCNC(=O)C/C=C(/C)CS(C)(=O)=O. The monoisotopic (exact) mass is 411 g/mol. The van der Waals surface area contributed by atoms with E-state index in [2.05, 4.69) is 5.32 Å². The molecule has 0 aromatic rings. The average Bonchev–Trinajstić information content (AvgIpc) is 2.61. The summed E-state index contributed by atoms with van der Waals surface area (Å²) in [6.07, 6.45) is 2.95. The van der Waals surface area contributed by atoms with Gasteiger partial charge in [-0.3, -0.25) is 4.79 Å². The van der Waals surface area contributed by atoms with E-state index in [0.717, 1.165) is 0 Å². The van der Waals surface area contributed by atoms with Crippen LogP contribution in [0.2, 0.25) is 0 Å². The molecule has 0 fully saturated rings. The molecule has 0 aliphatic rings. The van der Waals surface area contributed by atoms with Gasteiger partial charge < -0.3 is 24.3 Å². The second-order valence-corrected chi connectivity index (χ2v) is 7.64. The van der Waals surface area contributed by atoms with Crippen LogP contribution in [0.5, 0.6) is 0 Å². The lowest BCUT2D eigenvalue weighted by Gasteiger charge is -2.07. The van der Waals surface area contributed by atoms with Crippen molar-refractivity contribution in [1.82, 2.24) is 5.32 Å². The summed E-state index contributed by atoms with van der Waals surface area (Å²) in [4.78, 5) is 11.6. The summed E-state index contributed by atoms with van der Waals surface area (Å²) in [7, 11) is -1.44. The maximum absolute atomic E-state index is 11.6. The quantitative estimate of drug-likeness (QED) is 0.301. The zero-order valence-corrected chi connectivity index (χ0v) is 18.2. The van der Waals surface area contributed by atoms with E-state index in [4.69, 9.17) is 18.9 Å². The number of carbonyl (C=O) groups is 1. The molecule has 8 nitrogen and oxygen atoms in total. The van der Waals surface area contributed by atoms with Gasteiger partial charge in [-0.05, 0) is 6.92 Å². The second kappa shape index (κ2) is 19.8. The molecule has 0 unspecified atom stereocenters. The predicted octanol–water partition coefficient (Wildman–Crippen LogP) is 1.21. The Morgan fingerprint density at radius 3 is 1.89 bits per heavy atom. The van der Waals surface area contributed by atoms with Gasteiger partial charge in [-0.2, -0.15) is 0 Å². The highest BCUT2D eigenvalue weighted by molar-refractivity contribution is 7.90. The van der Waals surface area contributed by atoms with Crippen molar-refractivity contribution in [2.45, 2.75) is 27.2 Å². The molecule has 0 aliphatic carbocycles. The Hall–Kier alpha value is -1.00. The van der Waals surface area contributed by atoms with E-state index in [1.54, 1.807) is 20.1 Å². The Morgan fingerprint density at radius 1 is 0.926 bits per heavy atom. The van der Waals surface area contributed by atoms with E-state index in [9.17, 15) is 13.2 Å². The van der Waals surface area contributed by atoms with Crippen LogP contribution in [0.15, 0.2) is 11.6 Å². The molecule has 0 atom stereocenters. The third-order valence-electron chi connectivity index (χ3n) is 2.87. The van der Waals surface area contributed by atoms with Gasteiger partial charge in [0.15, 0.2) is 9.84 Å². The average molecular weight is 412 g/mol. The number of hydrogen-bond donors (Lipinski definition) is 1. The number of sulfone groups is 1. The molecule has 0 heterocycles. The van der Waals surface area contributed by atoms with E-state index in [-0.39, 0.29) is 18.1 Å². The molecule has 1 amide bonds. The number of amides is 1. The molecule has 0 radical (unpaired) electrons. The zero-order valence-electron chi connectivity index (χ0n) is 17.4. The first-order chi connectivity index (χ1) is 12.8. The lowest BCUT2D eigenvalue weighted by Crippen LogP contribution is -2.27. The van der Waals surface area contributed by atoms with Gasteiger partial charge in [-0.15, -0.1) is 0 Å². The number of carbonyl (C=O) groups excluding carboxylic acids is 1. The van der Waals surface area contributed by atoms with Crippen LogP contribution in [0, 0.1) is 0 Å². The van der Waals surface area contributed by atoms with Gasteiger partial charge in [0.2, 0.25) is 5.91 Å². The molecule has 0 aromatic heterocycles. The van der Waals surface area contributed by atoms with Gasteiger partial charge in [0.05, 0.1) is 52.0 Å². The molecule has 27 heavy (non-hydrogen) atoms. The summed E-state index contributed by atoms with van der Waals surface area (Å²) in [6, 6.07) is 0. The lowest BCUT2D eigenvalue weighted by molar-refractivity contribution is -0.120. The van der Waals surface area contributed by atoms with Crippen LogP contribution >= 0.6 is 0 Å². The predicted molar refractivity (Wildman–Crippen MR) is 107 cm³/mol. The molecular formula is C18H37NO7S. The number of methoxy groups -OCH3 is 1. The van der Waals surface area contributed by atoms with Crippen molar-refractivity contribution in [2.24, 2.45) is 0 Å². The number of nitrogens with one attached hydrogen (secondary N) is 1. The molecule has 0 saturated carbocycles. The van der Waals surface area contributed by atoms with Crippen molar-refractivity contribution >= 4 is 15.7 Å². The van der Waals surface area contributed by atoms with Gasteiger partial charge >= 0.3 is 0 Å². The smallest absolute Gasteiger partial charge is 0.223 e. The van der Waals surface area contributed by atoms with Crippen LogP contribution in [0.25, 0.3) is 0 Å². The van der Waals surface area contributed by atoms with E-state index in [1.807, 2.05) is 13.8 Å². The third-order valence-corrected chi connectivity index (χ3v) is 3.85. The molecule has 162 valence electrons. The van der Waals surface area contributed by atoms with Gasteiger partial charge in [0.25, 0.3) is 0 Å². The van der Waals surface area contributed by atoms with Crippen molar-refractivity contribution in [3.05, 3.63) is 11.6 Å². The highest BCUT2D eigenvalue weighted by Gasteiger charge is 2.04. The van der Waals surface area contributed by atoms with E-state index in [1.165, 1.54) is 6.26 Å². The highest BCUT2D eigenvalue weighted by Crippen LogP contribution is 1.99. The van der Waals surface area contributed by atoms with Gasteiger partial charge in [-0.25, -0.2) is 8.42 Å². The van der Waals surface area contributed by atoms with Crippen LogP contribution in [0.3, 0.4) is 0 Å². The molecule has 0 bridgehead atoms. The largest absolute Gasteiger partial charge is 0.382 e. The zero-order chi connectivity index (χ0) is 21.0. The fourth-order valence-corrected chi connectivity index (χ4v) is 2.70. The van der Waals surface area contributed by atoms with Crippen LogP contribution < -0.4 is 5.32 Å². The van der Waals surface area contributed by atoms with E-state index in [0.29, 0.717) is 58.4 Å². The molecule has 9 heteroatoms. The molecular weight excluding hydrogens is 374 g/mol. The van der Waals surface area contributed by atoms with Crippen LogP contribution in [0.1, 0.15) is 27.2 Å². The minimum atomic E-state index is -3.06. The third kappa shape index (κ3) is 25.0. The fraction of sp³-hybridized carbons (Fsp3) is 0.833. The Balaban J connectivity index is 0. The molecule has 0 spiro atoms. The Bertz CT molecular complexity index is 478. The Labute approximate surface area is 164 Å². The number of rotatable bonds is 16. The second-order valence-electron chi connectivity index (χ2n) is 5.50. The van der Waals surface area contributed by atoms with Gasteiger partial charge in [0, 0.05) is 26.3 Å². The lowest BCUT2D eigenvalue weighted by atomic mass is 10.2. The Kier molecular flexibility index (Phi) is 20.6. The first-order valence-corrected chi connectivity index (χ1v) is 11.2. The van der Waals surface area contributed by atoms with Crippen molar-refractivity contribution in [2.75, 3.05) is 71.9 Å². The van der Waals surface area contributed by atoms with E-state index < -0.39 is 9.84 Å². The maximum atomic E-state index is 11.6. The summed E-state index contributed by atoms with van der Waals surface area (Å²) in [6.45, 7) is 9.55. The van der Waals surface area contributed by atoms with Gasteiger partial charge in [-0.1, -0.05) is 25.5 Å². The topological polar surface area (TPSA) is 100 Å². The Morgan fingerprint density at radius 2 is 1.41 bits per heavy atom. The summed E-state index contributed by atoms with van der Waals surface area (Å²) < 4.78 is 42.9. The van der Waals surface area contributed by atoms with Crippen LogP contribution in [0.4, 0.5) is 0 Å². The summed E-state index contributed by atoms with van der Waals surface area (Å²) in [5.74, 6) is -0.193. The first kappa shape index (κ1) is 28.2. The van der Waals surface area contributed by atoms with Crippen molar-refractivity contribution in [3.8, 4) is 0 Å². The van der Waals surface area contributed by atoms with Crippen LogP contribution in [-0.2, 0) is 33.6 Å². The normalized spacial score (nSPS) is 11.7. The fourth-order valence-electron chi connectivity index (χ4n) is 1.76. The van der Waals surface area contributed by atoms with Crippen LogP contribution in [-0.4, -0.2) is 86.2 Å². The minimum absolute atomic E-state index is 0.0270. The van der Waals surface area contributed by atoms with Crippen molar-refractivity contribution in [3.63, 3.8) is 0 Å². The first-order valence-electron chi connectivity index (χ1n) is 9.17. The summed E-state index contributed by atoms with van der Waals surface area (Å²) in [5, 5.41) is 2.70. The molecule has 0 aromatic carbocycles. The summed E-state index contributed by atoms with van der Waals surface area (Å²) >= 11 is 0. The molecule has 0 saturated heterocycles. The van der Waals surface area contributed by atoms with E-state index >= 15 is 0 Å². The number of ether oxygens (including phenoxy) is 4. The highest BCUT2D eigenvalue weighted by atomic mass is 32.2. The van der Waals surface area contributed by atoms with Crippen molar-refractivity contribution < 1.29 is 32.2 Å². The number of hydrogen-bond acceptors (Lipinski definition) is 7. The molecule has 0 aliphatic heterocycles. The molecule has 1 N–H and O–H groups in total. The van der Waals surface area contributed by atoms with Gasteiger partial charge in [0.1, 0.15) is 0 Å². The standard InChI is InChI=1S/C16H31NO7S.C2H6/c1-15(14-25(3,19)20)4-5-16(18)17-6-7-22-10-11-24-13-12-23-9-8-21-2;1-2/h4H,5-14H2,1-3H3,(H,17,18);1-2H3/b15-4-;.